The van der Waals surface area contributed by atoms with Gasteiger partial charge in [0.25, 0.3) is 0 Å². The van der Waals surface area contributed by atoms with Gasteiger partial charge >= 0.3 is 0 Å². The molecule has 2 aromatic rings. The first-order valence-electron chi connectivity index (χ1n) is 5.39. The van der Waals surface area contributed by atoms with Crippen LogP contribution in [0.2, 0.25) is 0 Å². The van der Waals surface area contributed by atoms with Crippen molar-refractivity contribution in [3.05, 3.63) is 63.0 Å². The molecule has 0 aliphatic heterocycles. The summed E-state index contributed by atoms with van der Waals surface area (Å²) in [5, 5.41) is 3.31. The van der Waals surface area contributed by atoms with Gasteiger partial charge in [-0.05, 0) is 71.0 Å². The van der Waals surface area contributed by atoms with Crippen LogP contribution < -0.4 is 5.32 Å². The molecule has 0 saturated carbocycles. The van der Waals surface area contributed by atoms with E-state index in [2.05, 4.69) is 40.0 Å². The second kappa shape index (κ2) is 5.49. The largest absolute Gasteiger partial charge is 0.381 e. The van der Waals surface area contributed by atoms with Crippen molar-refractivity contribution in [2.75, 3.05) is 5.32 Å². The van der Waals surface area contributed by atoms with E-state index in [0.717, 1.165) is 11.3 Å². The molecule has 88 valence electrons. The van der Waals surface area contributed by atoms with Crippen LogP contribution >= 0.6 is 22.6 Å². The summed E-state index contributed by atoms with van der Waals surface area (Å²) in [4.78, 5) is 0. The molecular formula is C14H13FIN. The van der Waals surface area contributed by atoms with Crippen molar-refractivity contribution in [1.29, 1.82) is 0 Å². The molecule has 0 aliphatic carbocycles. The van der Waals surface area contributed by atoms with E-state index >= 15 is 0 Å². The van der Waals surface area contributed by atoms with E-state index in [1.807, 2.05) is 24.3 Å². The van der Waals surface area contributed by atoms with Crippen LogP contribution in [0, 0.1) is 16.3 Å². The zero-order chi connectivity index (χ0) is 12.3. The van der Waals surface area contributed by atoms with Crippen LogP contribution in [0.1, 0.15) is 11.1 Å². The smallest absolute Gasteiger partial charge is 0.126 e. The standard InChI is InChI=1S/C14H13FIN/c1-10-8-11(2-7-14(10)15)9-17-13-5-3-12(16)4-6-13/h2-8,17H,9H2,1H3. The highest BCUT2D eigenvalue weighted by atomic mass is 127. The lowest BCUT2D eigenvalue weighted by Gasteiger charge is -2.07. The number of anilines is 1. The second-order valence-corrected chi connectivity index (χ2v) is 5.19. The number of benzene rings is 2. The normalized spacial score (nSPS) is 10.3. The first-order chi connectivity index (χ1) is 8.15. The summed E-state index contributed by atoms with van der Waals surface area (Å²) in [7, 11) is 0. The number of aryl methyl sites for hydroxylation is 1. The van der Waals surface area contributed by atoms with E-state index in [-0.39, 0.29) is 5.82 Å². The Labute approximate surface area is 114 Å². The van der Waals surface area contributed by atoms with Crippen LogP contribution in [0.4, 0.5) is 10.1 Å². The lowest BCUT2D eigenvalue weighted by atomic mass is 10.1. The maximum absolute atomic E-state index is 13.1. The van der Waals surface area contributed by atoms with Crippen molar-refractivity contribution < 1.29 is 4.39 Å². The van der Waals surface area contributed by atoms with E-state index in [0.29, 0.717) is 12.1 Å². The fraction of sp³-hybridized carbons (Fsp3) is 0.143. The van der Waals surface area contributed by atoms with Gasteiger partial charge in [0.05, 0.1) is 0 Å². The molecular weight excluding hydrogens is 328 g/mol. The fourth-order valence-corrected chi connectivity index (χ4v) is 1.95. The van der Waals surface area contributed by atoms with Crippen LogP contribution in [-0.2, 0) is 6.54 Å². The third kappa shape index (κ3) is 3.43. The van der Waals surface area contributed by atoms with Gasteiger partial charge < -0.3 is 5.32 Å². The summed E-state index contributed by atoms with van der Waals surface area (Å²) in [6, 6.07) is 13.4. The molecule has 2 aromatic carbocycles. The van der Waals surface area contributed by atoms with Crippen LogP contribution in [0.3, 0.4) is 0 Å². The van der Waals surface area contributed by atoms with Gasteiger partial charge in [-0.25, -0.2) is 4.39 Å². The molecule has 1 nitrogen and oxygen atoms in total. The zero-order valence-electron chi connectivity index (χ0n) is 9.50. The summed E-state index contributed by atoms with van der Waals surface area (Å²) < 4.78 is 14.3. The summed E-state index contributed by atoms with van der Waals surface area (Å²) in [5.41, 5.74) is 2.85. The molecule has 0 bridgehead atoms. The van der Waals surface area contributed by atoms with E-state index < -0.39 is 0 Å². The van der Waals surface area contributed by atoms with Gasteiger partial charge in [-0.2, -0.15) is 0 Å². The third-order valence-electron chi connectivity index (χ3n) is 2.56. The zero-order valence-corrected chi connectivity index (χ0v) is 11.7. The fourth-order valence-electron chi connectivity index (χ4n) is 1.59. The first kappa shape index (κ1) is 12.4. The molecule has 1 N–H and O–H groups in total. The van der Waals surface area contributed by atoms with Crippen molar-refractivity contribution in [3.8, 4) is 0 Å². The van der Waals surface area contributed by atoms with Crippen LogP contribution in [-0.4, -0.2) is 0 Å². The molecule has 17 heavy (non-hydrogen) atoms. The minimum absolute atomic E-state index is 0.150. The predicted molar refractivity (Wildman–Crippen MR) is 77.6 cm³/mol. The summed E-state index contributed by atoms with van der Waals surface area (Å²) in [6.07, 6.45) is 0. The van der Waals surface area contributed by atoms with E-state index in [1.165, 1.54) is 9.64 Å². The Bertz CT molecular complexity index is 508. The lowest BCUT2D eigenvalue weighted by Crippen LogP contribution is -2.00. The summed E-state index contributed by atoms with van der Waals surface area (Å²) in [5.74, 6) is -0.150. The molecule has 2 rings (SSSR count). The van der Waals surface area contributed by atoms with Crippen molar-refractivity contribution in [1.82, 2.24) is 0 Å². The van der Waals surface area contributed by atoms with Gasteiger partial charge in [0.15, 0.2) is 0 Å². The SMILES string of the molecule is Cc1cc(CNc2ccc(I)cc2)ccc1F. The van der Waals surface area contributed by atoms with Gasteiger partial charge in [-0.15, -0.1) is 0 Å². The van der Waals surface area contributed by atoms with Crippen LogP contribution in [0.15, 0.2) is 42.5 Å². The molecule has 0 amide bonds. The number of hydrogen-bond acceptors (Lipinski definition) is 1. The molecule has 0 heterocycles. The van der Waals surface area contributed by atoms with Gasteiger partial charge in [0, 0.05) is 15.8 Å². The van der Waals surface area contributed by atoms with Crippen molar-refractivity contribution >= 4 is 28.3 Å². The van der Waals surface area contributed by atoms with E-state index in [4.69, 9.17) is 0 Å². The molecule has 0 saturated heterocycles. The van der Waals surface area contributed by atoms with E-state index in [1.54, 1.807) is 6.92 Å². The van der Waals surface area contributed by atoms with Gasteiger partial charge in [0.2, 0.25) is 0 Å². The second-order valence-electron chi connectivity index (χ2n) is 3.94. The average molecular weight is 341 g/mol. The Morgan fingerprint density at radius 3 is 2.47 bits per heavy atom. The molecule has 3 heteroatoms. The van der Waals surface area contributed by atoms with Crippen molar-refractivity contribution in [2.45, 2.75) is 13.5 Å². The molecule has 0 spiro atoms. The summed E-state index contributed by atoms with van der Waals surface area (Å²) >= 11 is 2.27. The highest BCUT2D eigenvalue weighted by Gasteiger charge is 1.99. The maximum Gasteiger partial charge on any atom is 0.126 e. The quantitative estimate of drug-likeness (QED) is 0.819. The Kier molecular flexibility index (Phi) is 3.99. The predicted octanol–water partition coefficient (Wildman–Crippen LogP) is 4.35. The Morgan fingerprint density at radius 1 is 1.12 bits per heavy atom. The molecule has 0 unspecified atom stereocenters. The number of hydrogen-bond donors (Lipinski definition) is 1. The Hall–Kier alpha value is -1.10. The van der Waals surface area contributed by atoms with Crippen LogP contribution in [0.5, 0.6) is 0 Å². The Morgan fingerprint density at radius 2 is 1.82 bits per heavy atom. The van der Waals surface area contributed by atoms with Crippen molar-refractivity contribution in [2.24, 2.45) is 0 Å². The highest BCUT2D eigenvalue weighted by Crippen LogP contribution is 2.14. The highest BCUT2D eigenvalue weighted by molar-refractivity contribution is 14.1. The molecule has 0 radical (unpaired) electrons. The molecule has 0 atom stereocenters. The lowest BCUT2D eigenvalue weighted by molar-refractivity contribution is 0.617. The minimum Gasteiger partial charge on any atom is -0.381 e. The average Bonchev–Trinajstić information content (AvgIpc) is 2.33. The molecule has 0 aliphatic rings. The van der Waals surface area contributed by atoms with Crippen LogP contribution in [0.25, 0.3) is 0 Å². The third-order valence-corrected chi connectivity index (χ3v) is 3.28. The van der Waals surface area contributed by atoms with Gasteiger partial charge in [-0.1, -0.05) is 12.1 Å². The minimum atomic E-state index is -0.150. The maximum atomic E-state index is 13.1. The monoisotopic (exact) mass is 341 g/mol. The molecule has 0 fully saturated rings. The number of nitrogens with one attached hydrogen (secondary N) is 1. The molecule has 0 aromatic heterocycles. The topological polar surface area (TPSA) is 12.0 Å². The first-order valence-corrected chi connectivity index (χ1v) is 6.47. The Balaban J connectivity index is 2.02. The van der Waals surface area contributed by atoms with Gasteiger partial charge in [-0.3, -0.25) is 0 Å². The summed E-state index contributed by atoms with van der Waals surface area (Å²) in [6.45, 7) is 2.49. The number of rotatable bonds is 3. The van der Waals surface area contributed by atoms with Gasteiger partial charge in [0.1, 0.15) is 5.82 Å². The van der Waals surface area contributed by atoms with Crippen molar-refractivity contribution in [3.63, 3.8) is 0 Å². The van der Waals surface area contributed by atoms with E-state index in [9.17, 15) is 4.39 Å². The number of halogens is 2.